The number of carbonyl (C=O) groups excluding carboxylic acids is 2. The first-order valence-corrected chi connectivity index (χ1v) is 9.13. The van der Waals surface area contributed by atoms with Crippen molar-refractivity contribution in [1.82, 2.24) is 4.90 Å². The highest BCUT2D eigenvalue weighted by molar-refractivity contribution is 6.14. The fourth-order valence-corrected chi connectivity index (χ4v) is 2.67. The fraction of sp³-hybridized carbons (Fsp3) is 0.318. The summed E-state index contributed by atoms with van der Waals surface area (Å²) in [5.74, 6) is 0.687. The molecule has 0 bridgehead atoms. The smallest absolute Gasteiger partial charge is 0.262 e. The fourth-order valence-electron chi connectivity index (χ4n) is 2.67. The summed E-state index contributed by atoms with van der Waals surface area (Å²) in [6, 6.07) is 8.48. The highest BCUT2D eigenvalue weighted by Gasteiger charge is 2.20. The van der Waals surface area contributed by atoms with Crippen LogP contribution in [0.1, 0.15) is 35.5 Å². The Labute approximate surface area is 170 Å². The Kier molecular flexibility index (Phi) is 7.21. The van der Waals surface area contributed by atoms with Crippen LogP contribution in [-0.2, 0) is 4.79 Å². The predicted molar refractivity (Wildman–Crippen MR) is 108 cm³/mol. The van der Waals surface area contributed by atoms with Gasteiger partial charge in [0.1, 0.15) is 17.4 Å². The van der Waals surface area contributed by atoms with Crippen molar-refractivity contribution in [3.63, 3.8) is 0 Å². The molecule has 29 heavy (non-hydrogen) atoms. The maximum atomic E-state index is 12.6. The summed E-state index contributed by atoms with van der Waals surface area (Å²) in [5.41, 5.74) is 0.916. The van der Waals surface area contributed by atoms with Gasteiger partial charge >= 0.3 is 0 Å². The van der Waals surface area contributed by atoms with Gasteiger partial charge in [-0.1, -0.05) is 6.07 Å². The van der Waals surface area contributed by atoms with Gasteiger partial charge in [0.15, 0.2) is 17.6 Å². The van der Waals surface area contributed by atoms with E-state index in [1.807, 2.05) is 13.0 Å². The summed E-state index contributed by atoms with van der Waals surface area (Å²) < 4.78 is 16.5. The van der Waals surface area contributed by atoms with E-state index in [1.165, 1.54) is 23.3 Å². The molecule has 0 fully saturated rings. The van der Waals surface area contributed by atoms with Crippen LogP contribution in [0.4, 0.5) is 0 Å². The number of ether oxygens (including phenoxy) is 2. The number of aryl methyl sites for hydroxylation is 1. The first kappa shape index (κ1) is 21.8. The number of hydrogen-bond acceptors (Lipinski definition) is 6. The van der Waals surface area contributed by atoms with Crippen LogP contribution in [0.3, 0.4) is 0 Å². The summed E-state index contributed by atoms with van der Waals surface area (Å²) in [4.78, 5) is 26.1. The molecule has 7 nitrogen and oxygen atoms in total. The van der Waals surface area contributed by atoms with E-state index in [-0.39, 0.29) is 11.5 Å². The van der Waals surface area contributed by atoms with Crippen molar-refractivity contribution >= 4 is 17.8 Å². The SMILES string of the molecule is CCOc1cc(/C=C(\C#N)C(=O)c2ccoc2C)ccc1O[C@H](C)C(=O)N(C)C. The largest absolute Gasteiger partial charge is 0.490 e. The van der Waals surface area contributed by atoms with Crippen molar-refractivity contribution in [2.45, 2.75) is 26.9 Å². The number of ketones is 1. The van der Waals surface area contributed by atoms with Crippen LogP contribution >= 0.6 is 0 Å². The number of likely N-dealkylation sites (N-methyl/N-ethyl adjacent to an activating group) is 1. The summed E-state index contributed by atoms with van der Waals surface area (Å²) in [6.45, 7) is 5.54. The molecule has 1 heterocycles. The third kappa shape index (κ3) is 5.26. The van der Waals surface area contributed by atoms with Gasteiger partial charge in [0.25, 0.3) is 5.91 Å². The number of amides is 1. The standard InChI is InChI=1S/C22H24N2O5/c1-6-27-20-12-16(7-8-19(20)29-15(3)22(26)24(4)5)11-17(13-23)21(25)18-9-10-28-14(18)2/h7-12,15H,6H2,1-5H3/b17-11+/t15-/m1/s1. The number of Topliss-reactive ketones (excluding diaryl/α,β-unsaturated/α-hetero) is 1. The van der Waals surface area contributed by atoms with Gasteiger partial charge in [0.05, 0.1) is 18.4 Å². The average Bonchev–Trinajstić information content (AvgIpc) is 3.12. The maximum Gasteiger partial charge on any atom is 0.262 e. The predicted octanol–water partition coefficient (Wildman–Crippen LogP) is 3.63. The summed E-state index contributed by atoms with van der Waals surface area (Å²) in [5, 5.41) is 9.44. The molecule has 2 aromatic rings. The Bertz CT molecular complexity index is 966. The van der Waals surface area contributed by atoms with Crippen molar-refractivity contribution in [3.8, 4) is 17.6 Å². The van der Waals surface area contributed by atoms with Gasteiger partial charge < -0.3 is 18.8 Å². The molecule has 0 unspecified atom stereocenters. The van der Waals surface area contributed by atoms with E-state index >= 15 is 0 Å². The molecule has 0 radical (unpaired) electrons. The van der Waals surface area contributed by atoms with Gasteiger partial charge in [-0.05, 0) is 50.6 Å². The van der Waals surface area contributed by atoms with Crippen LogP contribution in [0.25, 0.3) is 6.08 Å². The highest BCUT2D eigenvalue weighted by Crippen LogP contribution is 2.31. The van der Waals surface area contributed by atoms with Crippen LogP contribution in [-0.4, -0.2) is 43.4 Å². The third-order valence-corrected chi connectivity index (χ3v) is 4.14. The van der Waals surface area contributed by atoms with Gasteiger partial charge in [-0.15, -0.1) is 0 Å². The quantitative estimate of drug-likeness (QED) is 0.384. The highest BCUT2D eigenvalue weighted by atomic mass is 16.5. The molecular weight excluding hydrogens is 372 g/mol. The second kappa shape index (κ2) is 9.60. The van der Waals surface area contributed by atoms with Gasteiger partial charge in [-0.25, -0.2) is 0 Å². The number of benzene rings is 1. The van der Waals surface area contributed by atoms with Crippen LogP contribution in [0, 0.1) is 18.3 Å². The zero-order valence-electron chi connectivity index (χ0n) is 17.2. The zero-order chi connectivity index (χ0) is 21.6. The molecule has 1 amide bonds. The Hall–Kier alpha value is -3.53. The summed E-state index contributed by atoms with van der Waals surface area (Å²) >= 11 is 0. The second-order valence-corrected chi connectivity index (χ2v) is 6.52. The number of nitrogens with zero attached hydrogens (tertiary/aromatic N) is 2. The number of carbonyl (C=O) groups is 2. The lowest BCUT2D eigenvalue weighted by molar-refractivity contribution is -0.135. The van der Waals surface area contributed by atoms with Crippen LogP contribution in [0.2, 0.25) is 0 Å². The number of furan rings is 1. The average molecular weight is 396 g/mol. The number of nitriles is 1. The first-order valence-electron chi connectivity index (χ1n) is 9.13. The molecule has 2 rings (SSSR count). The van der Waals surface area contributed by atoms with E-state index in [0.29, 0.717) is 35.0 Å². The van der Waals surface area contributed by atoms with Crippen molar-refractivity contribution < 1.29 is 23.5 Å². The first-order chi connectivity index (χ1) is 13.8. The number of rotatable bonds is 8. The molecule has 1 aromatic heterocycles. The van der Waals surface area contributed by atoms with Crippen LogP contribution < -0.4 is 9.47 Å². The number of allylic oxidation sites excluding steroid dienone is 1. The van der Waals surface area contributed by atoms with E-state index in [4.69, 9.17) is 13.9 Å². The second-order valence-electron chi connectivity index (χ2n) is 6.52. The Morgan fingerprint density at radius 3 is 2.55 bits per heavy atom. The molecule has 0 spiro atoms. The van der Waals surface area contributed by atoms with E-state index < -0.39 is 11.9 Å². The maximum absolute atomic E-state index is 12.6. The molecule has 1 atom stereocenters. The minimum Gasteiger partial charge on any atom is -0.490 e. The molecule has 0 saturated carbocycles. The van der Waals surface area contributed by atoms with Crippen molar-refractivity contribution in [2.24, 2.45) is 0 Å². The minimum atomic E-state index is -0.689. The van der Waals surface area contributed by atoms with Gasteiger partial charge in [0.2, 0.25) is 5.78 Å². The molecule has 0 aliphatic rings. The zero-order valence-corrected chi connectivity index (χ0v) is 17.2. The molecule has 152 valence electrons. The van der Waals surface area contributed by atoms with E-state index in [9.17, 15) is 14.9 Å². The number of hydrogen-bond donors (Lipinski definition) is 0. The third-order valence-electron chi connectivity index (χ3n) is 4.14. The van der Waals surface area contributed by atoms with Gasteiger partial charge in [-0.2, -0.15) is 5.26 Å². The van der Waals surface area contributed by atoms with Crippen LogP contribution in [0.15, 0.2) is 40.5 Å². The molecule has 0 saturated heterocycles. The Morgan fingerprint density at radius 1 is 1.28 bits per heavy atom. The lowest BCUT2D eigenvalue weighted by atomic mass is 10.0. The van der Waals surface area contributed by atoms with Gasteiger partial charge in [-0.3, -0.25) is 9.59 Å². The van der Waals surface area contributed by atoms with E-state index in [2.05, 4.69) is 0 Å². The van der Waals surface area contributed by atoms with E-state index in [1.54, 1.807) is 46.1 Å². The molecule has 0 aliphatic heterocycles. The molecule has 0 aliphatic carbocycles. The van der Waals surface area contributed by atoms with Crippen LogP contribution in [0.5, 0.6) is 11.5 Å². The molecule has 1 aromatic carbocycles. The lowest BCUT2D eigenvalue weighted by Crippen LogP contribution is -2.35. The summed E-state index contributed by atoms with van der Waals surface area (Å²) in [6.07, 6.45) is 2.20. The lowest BCUT2D eigenvalue weighted by Gasteiger charge is -2.20. The van der Waals surface area contributed by atoms with Crippen molar-refractivity contribution in [1.29, 1.82) is 5.26 Å². The minimum absolute atomic E-state index is 0.0261. The van der Waals surface area contributed by atoms with E-state index in [0.717, 1.165) is 0 Å². The Balaban J connectivity index is 2.34. The monoisotopic (exact) mass is 396 g/mol. The molecule has 7 heteroatoms. The topological polar surface area (TPSA) is 92.8 Å². The van der Waals surface area contributed by atoms with Crippen molar-refractivity contribution in [2.75, 3.05) is 20.7 Å². The molecule has 0 N–H and O–H groups in total. The van der Waals surface area contributed by atoms with Gasteiger partial charge in [0, 0.05) is 14.1 Å². The molecular formula is C22H24N2O5. The Morgan fingerprint density at radius 2 is 2.00 bits per heavy atom. The summed E-state index contributed by atoms with van der Waals surface area (Å²) in [7, 11) is 3.31. The van der Waals surface area contributed by atoms with Crippen molar-refractivity contribution in [3.05, 3.63) is 53.0 Å². The normalized spacial score (nSPS) is 12.1.